The molecule has 3 fully saturated rings. The molecule has 6 heteroatoms. The van der Waals surface area contributed by atoms with Gasteiger partial charge in [0, 0.05) is 18.7 Å². The van der Waals surface area contributed by atoms with Crippen LogP contribution >= 0.6 is 0 Å². The number of piperidine rings is 1. The van der Waals surface area contributed by atoms with E-state index in [1.54, 1.807) is 11.0 Å². The number of cyclic esters (lactones) is 1. The van der Waals surface area contributed by atoms with Gasteiger partial charge in [0.25, 0.3) is 0 Å². The SMILES string of the molecule is N[C@@]12COC(=O)N1CC1CCCCC1C2/C=C/C1CC=C(c2cccc(F)c2)C=N1. The van der Waals surface area contributed by atoms with Crippen molar-refractivity contribution < 1.29 is 13.9 Å². The number of halogens is 1. The third kappa shape index (κ3) is 3.37. The van der Waals surface area contributed by atoms with E-state index >= 15 is 0 Å². The Kier molecular flexibility index (Phi) is 4.97. The summed E-state index contributed by atoms with van der Waals surface area (Å²) in [4.78, 5) is 18.7. The number of carbonyl (C=O) groups excluding carboxylic acids is 1. The predicted octanol–water partition coefficient (Wildman–Crippen LogP) is 4.15. The molecule has 1 aromatic carbocycles. The molecule has 3 aliphatic heterocycles. The van der Waals surface area contributed by atoms with Crippen molar-refractivity contribution in [2.24, 2.45) is 28.5 Å². The molecular weight excluding hydrogens is 381 g/mol. The summed E-state index contributed by atoms with van der Waals surface area (Å²) in [5.41, 5.74) is 7.81. The molecule has 0 spiro atoms. The van der Waals surface area contributed by atoms with Gasteiger partial charge in [0.2, 0.25) is 0 Å². The van der Waals surface area contributed by atoms with Gasteiger partial charge in [-0.25, -0.2) is 9.18 Å². The second kappa shape index (κ2) is 7.65. The molecule has 2 N–H and O–H groups in total. The van der Waals surface area contributed by atoms with Crippen molar-refractivity contribution in [2.75, 3.05) is 13.2 Å². The summed E-state index contributed by atoms with van der Waals surface area (Å²) >= 11 is 0. The molecule has 0 aromatic heterocycles. The molecule has 0 radical (unpaired) electrons. The van der Waals surface area contributed by atoms with E-state index in [1.165, 1.54) is 25.0 Å². The molecule has 4 unspecified atom stereocenters. The van der Waals surface area contributed by atoms with Crippen LogP contribution in [0.5, 0.6) is 0 Å². The number of benzene rings is 1. The van der Waals surface area contributed by atoms with Gasteiger partial charge < -0.3 is 10.5 Å². The third-order valence-electron chi connectivity index (χ3n) is 7.26. The Morgan fingerprint density at radius 2 is 2.13 bits per heavy atom. The van der Waals surface area contributed by atoms with Crippen LogP contribution in [0.1, 0.15) is 37.7 Å². The highest BCUT2D eigenvalue weighted by atomic mass is 19.1. The van der Waals surface area contributed by atoms with Crippen molar-refractivity contribution in [3.8, 4) is 0 Å². The molecule has 2 saturated heterocycles. The lowest BCUT2D eigenvalue weighted by molar-refractivity contribution is -0.0143. The fourth-order valence-corrected chi connectivity index (χ4v) is 5.65. The van der Waals surface area contributed by atoms with Crippen LogP contribution in [0.25, 0.3) is 5.57 Å². The second-order valence-corrected chi connectivity index (χ2v) is 9.03. The van der Waals surface area contributed by atoms with Crippen LogP contribution in [0.2, 0.25) is 0 Å². The third-order valence-corrected chi connectivity index (χ3v) is 7.26. The highest BCUT2D eigenvalue weighted by Gasteiger charge is 2.57. The standard InChI is InChI=1S/C24H28FN3O2/c25-19-6-3-5-16(12-19)17-8-9-20(27-13-17)10-11-22-21-7-2-1-4-18(21)14-28-23(29)30-15-24(22,28)26/h3,5-6,8,10-13,18,20-22H,1-2,4,7,9,14-15,26H2/b11-10+/t18?,20?,21?,22?,24-/m0/s1. The normalized spacial score (nSPS) is 35.7. The number of fused-ring (bicyclic) bond motifs is 2. The average molecular weight is 410 g/mol. The molecule has 5 rings (SSSR count). The van der Waals surface area contributed by atoms with E-state index in [1.807, 2.05) is 12.3 Å². The largest absolute Gasteiger partial charge is 0.445 e. The number of hydrogen-bond donors (Lipinski definition) is 1. The summed E-state index contributed by atoms with van der Waals surface area (Å²) in [6, 6.07) is 6.62. The predicted molar refractivity (Wildman–Crippen MR) is 114 cm³/mol. The molecular formula is C24H28FN3O2. The van der Waals surface area contributed by atoms with E-state index in [0.717, 1.165) is 30.4 Å². The Labute approximate surface area is 176 Å². The molecule has 1 aromatic rings. The Morgan fingerprint density at radius 1 is 1.27 bits per heavy atom. The first-order valence-corrected chi connectivity index (χ1v) is 11.0. The van der Waals surface area contributed by atoms with E-state index in [9.17, 15) is 9.18 Å². The number of carbonyl (C=O) groups is 1. The number of ether oxygens (including phenoxy) is 1. The van der Waals surface area contributed by atoms with Crippen molar-refractivity contribution in [1.82, 2.24) is 4.90 Å². The summed E-state index contributed by atoms with van der Waals surface area (Å²) in [6.45, 7) is 0.966. The van der Waals surface area contributed by atoms with Gasteiger partial charge in [0.1, 0.15) is 18.1 Å². The van der Waals surface area contributed by atoms with E-state index in [2.05, 4.69) is 23.2 Å². The van der Waals surface area contributed by atoms with E-state index in [0.29, 0.717) is 18.4 Å². The molecule has 30 heavy (non-hydrogen) atoms. The monoisotopic (exact) mass is 409 g/mol. The zero-order chi connectivity index (χ0) is 20.7. The van der Waals surface area contributed by atoms with Crippen LogP contribution in [0.15, 0.2) is 47.5 Å². The molecule has 1 aliphatic carbocycles. The molecule has 3 heterocycles. The van der Waals surface area contributed by atoms with Gasteiger partial charge in [-0.2, -0.15) is 0 Å². The molecule has 5 nitrogen and oxygen atoms in total. The zero-order valence-corrected chi connectivity index (χ0v) is 17.0. The lowest BCUT2D eigenvalue weighted by Crippen LogP contribution is -2.67. The number of aliphatic imine (C=N–C) groups is 1. The maximum absolute atomic E-state index is 13.5. The minimum atomic E-state index is -0.757. The fraction of sp³-hybridized carbons (Fsp3) is 0.500. The van der Waals surface area contributed by atoms with Crippen LogP contribution in [0, 0.1) is 23.6 Å². The van der Waals surface area contributed by atoms with Crippen LogP contribution in [0.4, 0.5) is 9.18 Å². The van der Waals surface area contributed by atoms with Gasteiger partial charge in [0.05, 0.1) is 6.04 Å². The highest BCUT2D eigenvalue weighted by Crippen LogP contribution is 2.47. The van der Waals surface area contributed by atoms with Gasteiger partial charge in [0.15, 0.2) is 0 Å². The van der Waals surface area contributed by atoms with E-state index in [4.69, 9.17) is 10.5 Å². The van der Waals surface area contributed by atoms with Gasteiger partial charge in [-0.3, -0.25) is 9.89 Å². The van der Waals surface area contributed by atoms with E-state index < -0.39 is 5.66 Å². The van der Waals surface area contributed by atoms with Crippen molar-refractivity contribution in [3.63, 3.8) is 0 Å². The van der Waals surface area contributed by atoms with Crippen molar-refractivity contribution >= 4 is 17.9 Å². The Hall–Kier alpha value is -2.47. The Balaban J connectivity index is 1.34. The lowest BCUT2D eigenvalue weighted by atomic mass is 9.65. The fourth-order valence-electron chi connectivity index (χ4n) is 5.65. The smallest absolute Gasteiger partial charge is 0.411 e. The Bertz CT molecular complexity index is 927. The number of nitrogens with zero attached hydrogens (tertiary/aromatic N) is 2. The quantitative estimate of drug-likeness (QED) is 0.763. The summed E-state index contributed by atoms with van der Waals surface area (Å²) in [6.07, 6.45) is 13.5. The first-order valence-electron chi connectivity index (χ1n) is 11.0. The topological polar surface area (TPSA) is 67.9 Å². The van der Waals surface area contributed by atoms with Crippen molar-refractivity contribution in [1.29, 1.82) is 0 Å². The summed E-state index contributed by atoms with van der Waals surface area (Å²) in [5, 5.41) is 0. The highest BCUT2D eigenvalue weighted by molar-refractivity contribution is 6.10. The summed E-state index contributed by atoms with van der Waals surface area (Å²) < 4.78 is 18.9. The maximum Gasteiger partial charge on any atom is 0.411 e. The molecule has 158 valence electrons. The van der Waals surface area contributed by atoms with Gasteiger partial charge in [-0.15, -0.1) is 0 Å². The average Bonchev–Trinajstić information content (AvgIpc) is 3.06. The van der Waals surface area contributed by atoms with Crippen LogP contribution in [0.3, 0.4) is 0 Å². The number of hydrogen-bond acceptors (Lipinski definition) is 4. The molecule has 1 amide bonds. The second-order valence-electron chi connectivity index (χ2n) is 9.03. The summed E-state index contributed by atoms with van der Waals surface area (Å²) in [5.74, 6) is 0.808. The van der Waals surface area contributed by atoms with Gasteiger partial charge in [-0.05, 0) is 54.4 Å². The zero-order valence-electron chi connectivity index (χ0n) is 17.0. The number of nitrogens with two attached hydrogens (primary N) is 1. The minimum Gasteiger partial charge on any atom is -0.445 e. The number of dihydropyridines is 1. The molecule has 1 saturated carbocycles. The van der Waals surface area contributed by atoms with Gasteiger partial charge >= 0.3 is 6.09 Å². The van der Waals surface area contributed by atoms with Crippen LogP contribution in [-0.4, -0.2) is 42.1 Å². The number of amides is 1. The molecule has 4 aliphatic rings. The minimum absolute atomic E-state index is 0.0290. The number of rotatable bonds is 3. The van der Waals surface area contributed by atoms with Crippen molar-refractivity contribution in [3.05, 3.63) is 53.9 Å². The molecule has 0 bridgehead atoms. The van der Waals surface area contributed by atoms with E-state index in [-0.39, 0.29) is 30.5 Å². The van der Waals surface area contributed by atoms with Crippen LogP contribution in [-0.2, 0) is 4.74 Å². The van der Waals surface area contributed by atoms with Crippen LogP contribution < -0.4 is 5.73 Å². The lowest BCUT2D eigenvalue weighted by Gasteiger charge is -2.51. The number of allylic oxidation sites excluding steroid dienone is 1. The Morgan fingerprint density at radius 3 is 2.93 bits per heavy atom. The first-order chi connectivity index (χ1) is 14.5. The first kappa shape index (κ1) is 19.5. The van der Waals surface area contributed by atoms with Crippen molar-refractivity contribution in [2.45, 2.75) is 43.8 Å². The summed E-state index contributed by atoms with van der Waals surface area (Å²) in [7, 11) is 0. The molecule has 5 atom stereocenters. The van der Waals surface area contributed by atoms with Gasteiger partial charge in [-0.1, -0.05) is 43.2 Å². The maximum atomic E-state index is 13.5.